The minimum absolute atomic E-state index is 0.00470. The summed E-state index contributed by atoms with van der Waals surface area (Å²) in [7, 11) is 0. The smallest absolute Gasteiger partial charge is 0.254 e. The number of carbonyl (C=O) groups excluding carboxylic acids is 1. The van der Waals surface area contributed by atoms with Crippen molar-refractivity contribution in [2.75, 3.05) is 12.3 Å². The third-order valence-electron chi connectivity index (χ3n) is 3.50. The van der Waals surface area contributed by atoms with E-state index in [0.717, 1.165) is 11.1 Å². The summed E-state index contributed by atoms with van der Waals surface area (Å²) in [6.07, 6.45) is 0. The van der Waals surface area contributed by atoms with Gasteiger partial charge in [0.15, 0.2) is 0 Å². The summed E-state index contributed by atoms with van der Waals surface area (Å²) in [6.45, 7) is 4.98. The van der Waals surface area contributed by atoms with Crippen LogP contribution in [0.25, 0.3) is 0 Å². The largest absolute Gasteiger partial charge is 0.398 e. The van der Waals surface area contributed by atoms with Crippen LogP contribution in [0.15, 0.2) is 42.5 Å². The number of para-hydroxylation sites is 1. The van der Waals surface area contributed by atoms with Crippen LogP contribution in [-0.4, -0.2) is 17.4 Å². The predicted octanol–water partition coefficient (Wildman–Crippen LogP) is 3.89. The van der Waals surface area contributed by atoms with E-state index >= 15 is 0 Å². The molecule has 2 aromatic carbocycles. The first-order chi connectivity index (χ1) is 10.0. The average molecular weight is 303 g/mol. The van der Waals surface area contributed by atoms with Gasteiger partial charge in [0, 0.05) is 29.4 Å². The first-order valence-electron chi connectivity index (χ1n) is 6.91. The molecule has 1 amide bonds. The van der Waals surface area contributed by atoms with Gasteiger partial charge in [-0.05, 0) is 49.2 Å². The summed E-state index contributed by atoms with van der Waals surface area (Å²) in [5.74, 6) is -0.00470. The van der Waals surface area contributed by atoms with Gasteiger partial charge in [0.1, 0.15) is 0 Å². The van der Waals surface area contributed by atoms with E-state index in [4.69, 9.17) is 17.3 Å². The molecule has 0 heterocycles. The van der Waals surface area contributed by atoms with Crippen LogP contribution in [0.4, 0.5) is 5.69 Å². The second kappa shape index (κ2) is 6.64. The first-order valence-corrected chi connectivity index (χ1v) is 7.29. The third kappa shape index (κ3) is 3.56. The minimum Gasteiger partial charge on any atom is -0.398 e. The Morgan fingerprint density at radius 1 is 1.24 bits per heavy atom. The Hall–Kier alpha value is -2.00. The lowest BCUT2D eigenvalue weighted by Gasteiger charge is -2.22. The molecule has 0 spiro atoms. The van der Waals surface area contributed by atoms with Crippen LogP contribution in [0, 0.1) is 6.92 Å². The van der Waals surface area contributed by atoms with E-state index in [1.165, 1.54) is 0 Å². The second-order valence-electron chi connectivity index (χ2n) is 4.98. The molecule has 0 saturated carbocycles. The molecular formula is C17H19ClN2O. The Labute approximate surface area is 130 Å². The number of halogens is 1. The molecule has 0 unspecified atom stereocenters. The van der Waals surface area contributed by atoms with Gasteiger partial charge in [-0.2, -0.15) is 0 Å². The molecule has 4 heteroatoms. The molecule has 0 atom stereocenters. The first kappa shape index (κ1) is 15.4. The van der Waals surface area contributed by atoms with Crippen LogP contribution >= 0.6 is 11.6 Å². The number of rotatable bonds is 4. The lowest BCUT2D eigenvalue weighted by atomic mass is 10.1. The second-order valence-corrected chi connectivity index (χ2v) is 5.41. The Kier molecular flexibility index (Phi) is 4.86. The lowest BCUT2D eigenvalue weighted by Crippen LogP contribution is -2.31. The molecule has 21 heavy (non-hydrogen) atoms. The monoisotopic (exact) mass is 302 g/mol. The van der Waals surface area contributed by atoms with Crippen molar-refractivity contribution in [2.24, 2.45) is 0 Å². The van der Waals surface area contributed by atoms with Crippen molar-refractivity contribution in [3.63, 3.8) is 0 Å². The highest BCUT2D eigenvalue weighted by Gasteiger charge is 2.17. The quantitative estimate of drug-likeness (QED) is 0.871. The van der Waals surface area contributed by atoms with E-state index in [-0.39, 0.29) is 5.91 Å². The number of amides is 1. The molecule has 2 rings (SSSR count). The lowest BCUT2D eigenvalue weighted by molar-refractivity contribution is 0.0752. The van der Waals surface area contributed by atoms with Gasteiger partial charge in [0.2, 0.25) is 0 Å². The summed E-state index contributed by atoms with van der Waals surface area (Å²) >= 11 is 5.94. The van der Waals surface area contributed by atoms with Crippen LogP contribution in [-0.2, 0) is 6.54 Å². The molecule has 0 fully saturated rings. The van der Waals surface area contributed by atoms with Crippen LogP contribution in [0.5, 0.6) is 0 Å². The fourth-order valence-electron chi connectivity index (χ4n) is 2.25. The van der Waals surface area contributed by atoms with Gasteiger partial charge in [0.25, 0.3) is 5.91 Å². The number of hydrogen-bond donors (Lipinski definition) is 1. The van der Waals surface area contributed by atoms with Gasteiger partial charge in [-0.25, -0.2) is 0 Å². The molecule has 0 radical (unpaired) electrons. The van der Waals surface area contributed by atoms with Crippen molar-refractivity contribution in [1.29, 1.82) is 0 Å². The highest BCUT2D eigenvalue weighted by atomic mass is 35.5. The summed E-state index contributed by atoms with van der Waals surface area (Å²) < 4.78 is 0. The number of aryl methyl sites for hydroxylation is 1. The number of benzene rings is 2. The van der Waals surface area contributed by atoms with Gasteiger partial charge in [0.05, 0.1) is 0 Å². The summed E-state index contributed by atoms with van der Waals surface area (Å²) in [5, 5.41) is 0.638. The number of nitrogens with zero attached hydrogens (tertiary/aromatic N) is 1. The van der Waals surface area contributed by atoms with Crippen molar-refractivity contribution in [2.45, 2.75) is 20.4 Å². The molecular weight excluding hydrogens is 284 g/mol. The fourth-order valence-corrected chi connectivity index (χ4v) is 2.48. The summed E-state index contributed by atoms with van der Waals surface area (Å²) in [4.78, 5) is 14.4. The van der Waals surface area contributed by atoms with E-state index in [9.17, 15) is 4.79 Å². The standard InChI is InChI=1S/C17H19ClN2O/c1-3-20(11-13-6-4-5-7-16(13)19)17(21)15-9-8-14(18)10-12(15)2/h4-10H,3,11,19H2,1-2H3. The Morgan fingerprint density at radius 3 is 2.57 bits per heavy atom. The molecule has 0 aromatic heterocycles. The molecule has 0 saturated heterocycles. The van der Waals surface area contributed by atoms with E-state index in [2.05, 4.69) is 0 Å². The van der Waals surface area contributed by atoms with Gasteiger partial charge in [-0.3, -0.25) is 4.79 Å². The van der Waals surface area contributed by atoms with Gasteiger partial charge >= 0.3 is 0 Å². The van der Waals surface area contributed by atoms with Gasteiger partial charge < -0.3 is 10.6 Å². The minimum atomic E-state index is -0.00470. The Bertz CT molecular complexity index is 655. The summed E-state index contributed by atoms with van der Waals surface area (Å²) in [5.41, 5.74) is 9.18. The SMILES string of the molecule is CCN(Cc1ccccc1N)C(=O)c1ccc(Cl)cc1C. The van der Waals surface area contributed by atoms with Gasteiger partial charge in [-0.1, -0.05) is 29.8 Å². The Balaban J connectivity index is 2.25. The van der Waals surface area contributed by atoms with Crippen molar-refractivity contribution in [3.05, 3.63) is 64.2 Å². The summed E-state index contributed by atoms with van der Waals surface area (Å²) in [6, 6.07) is 12.9. The van der Waals surface area contributed by atoms with Crippen LogP contribution in [0.1, 0.15) is 28.4 Å². The molecule has 2 N–H and O–H groups in total. The van der Waals surface area contributed by atoms with Crippen LogP contribution in [0.2, 0.25) is 5.02 Å². The number of carbonyl (C=O) groups is 1. The predicted molar refractivity (Wildman–Crippen MR) is 87.5 cm³/mol. The molecule has 3 nitrogen and oxygen atoms in total. The molecule has 0 aliphatic rings. The van der Waals surface area contributed by atoms with E-state index < -0.39 is 0 Å². The number of nitrogen functional groups attached to an aromatic ring is 1. The highest BCUT2D eigenvalue weighted by molar-refractivity contribution is 6.30. The van der Waals surface area contributed by atoms with E-state index in [0.29, 0.717) is 29.4 Å². The molecule has 0 aliphatic heterocycles. The number of hydrogen-bond acceptors (Lipinski definition) is 2. The zero-order valence-electron chi connectivity index (χ0n) is 12.3. The van der Waals surface area contributed by atoms with Crippen molar-refractivity contribution >= 4 is 23.2 Å². The topological polar surface area (TPSA) is 46.3 Å². The highest BCUT2D eigenvalue weighted by Crippen LogP contribution is 2.19. The molecule has 110 valence electrons. The maximum absolute atomic E-state index is 12.7. The normalized spacial score (nSPS) is 10.4. The average Bonchev–Trinajstić information content (AvgIpc) is 2.46. The number of nitrogens with two attached hydrogens (primary N) is 1. The van der Waals surface area contributed by atoms with Crippen molar-refractivity contribution in [1.82, 2.24) is 4.90 Å². The maximum atomic E-state index is 12.7. The van der Waals surface area contributed by atoms with Crippen LogP contribution in [0.3, 0.4) is 0 Å². The fraction of sp³-hybridized carbons (Fsp3) is 0.235. The zero-order chi connectivity index (χ0) is 15.4. The van der Waals surface area contributed by atoms with Gasteiger partial charge in [-0.15, -0.1) is 0 Å². The third-order valence-corrected chi connectivity index (χ3v) is 3.74. The van der Waals surface area contributed by atoms with Crippen molar-refractivity contribution in [3.8, 4) is 0 Å². The molecule has 0 aliphatic carbocycles. The Morgan fingerprint density at radius 2 is 1.95 bits per heavy atom. The van der Waals surface area contributed by atoms with E-state index in [1.807, 2.05) is 38.1 Å². The zero-order valence-corrected chi connectivity index (χ0v) is 13.0. The van der Waals surface area contributed by atoms with E-state index in [1.54, 1.807) is 23.1 Å². The molecule has 0 bridgehead atoms. The molecule has 2 aromatic rings. The number of anilines is 1. The maximum Gasteiger partial charge on any atom is 0.254 e. The van der Waals surface area contributed by atoms with Crippen LogP contribution < -0.4 is 5.73 Å². The van der Waals surface area contributed by atoms with Crippen molar-refractivity contribution < 1.29 is 4.79 Å².